The Morgan fingerprint density at radius 3 is 2.65 bits per heavy atom. The van der Waals surface area contributed by atoms with E-state index in [-0.39, 0.29) is 18.1 Å². The van der Waals surface area contributed by atoms with Gasteiger partial charge in [-0.25, -0.2) is 0 Å². The molecule has 4 nitrogen and oxygen atoms in total. The van der Waals surface area contributed by atoms with E-state index in [9.17, 15) is 4.79 Å². The van der Waals surface area contributed by atoms with Gasteiger partial charge < -0.3 is 15.8 Å². The van der Waals surface area contributed by atoms with E-state index >= 15 is 0 Å². The summed E-state index contributed by atoms with van der Waals surface area (Å²) in [7, 11) is 1.62. The third-order valence-electron chi connectivity index (χ3n) is 2.62. The summed E-state index contributed by atoms with van der Waals surface area (Å²) in [5, 5.41) is 2.79. The van der Waals surface area contributed by atoms with Gasteiger partial charge in [0.05, 0.1) is 6.10 Å². The van der Waals surface area contributed by atoms with E-state index in [1.165, 1.54) is 0 Å². The van der Waals surface area contributed by atoms with Crippen molar-refractivity contribution in [3.8, 4) is 0 Å². The number of carbonyl (C=O) groups is 1. The van der Waals surface area contributed by atoms with Crippen molar-refractivity contribution in [1.29, 1.82) is 0 Å². The number of methoxy groups -OCH3 is 1. The van der Waals surface area contributed by atoms with Gasteiger partial charge in [0.2, 0.25) is 5.91 Å². The van der Waals surface area contributed by atoms with Gasteiger partial charge in [0.1, 0.15) is 0 Å². The highest BCUT2D eigenvalue weighted by Crippen LogP contribution is 2.12. The van der Waals surface area contributed by atoms with Gasteiger partial charge in [-0.1, -0.05) is 30.3 Å². The van der Waals surface area contributed by atoms with E-state index in [0.717, 1.165) is 5.56 Å². The fourth-order valence-electron chi connectivity index (χ4n) is 1.43. The molecule has 0 radical (unpaired) electrons. The van der Waals surface area contributed by atoms with Crippen LogP contribution in [0.2, 0.25) is 0 Å². The van der Waals surface area contributed by atoms with Crippen molar-refractivity contribution < 1.29 is 9.53 Å². The standard InChI is InChI=1S/C13H20N2O2/c1-10(17-2)9-15-13(16)8-12(14)11-6-4-3-5-7-11/h3-7,10,12H,8-9,14H2,1-2H3,(H,15,16). The molecule has 2 atom stereocenters. The summed E-state index contributed by atoms with van der Waals surface area (Å²) in [6.45, 7) is 2.41. The monoisotopic (exact) mass is 236 g/mol. The van der Waals surface area contributed by atoms with Crippen LogP contribution in [0.3, 0.4) is 0 Å². The minimum Gasteiger partial charge on any atom is -0.380 e. The minimum atomic E-state index is -0.256. The highest BCUT2D eigenvalue weighted by atomic mass is 16.5. The third kappa shape index (κ3) is 4.97. The highest BCUT2D eigenvalue weighted by molar-refractivity contribution is 5.76. The maximum atomic E-state index is 11.6. The molecule has 0 saturated carbocycles. The molecular formula is C13H20N2O2. The molecule has 0 saturated heterocycles. The average molecular weight is 236 g/mol. The highest BCUT2D eigenvalue weighted by Gasteiger charge is 2.11. The number of carbonyl (C=O) groups excluding carboxylic acids is 1. The Morgan fingerprint density at radius 1 is 1.41 bits per heavy atom. The van der Waals surface area contributed by atoms with Crippen LogP contribution in [-0.4, -0.2) is 25.7 Å². The van der Waals surface area contributed by atoms with Crippen molar-refractivity contribution >= 4 is 5.91 Å². The molecule has 0 bridgehead atoms. The average Bonchev–Trinajstić information content (AvgIpc) is 2.36. The Kier molecular flexibility index (Phi) is 5.66. The molecule has 0 aliphatic heterocycles. The molecule has 1 aromatic rings. The second kappa shape index (κ2) is 7.04. The van der Waals surface area contributed by atoms with Crippen molar-refractivity contribution in [2.75, 3.05) is 13.7 Å². The van der Waals surface area contributed by atoms with Crippen molar-refractivity contribution in [2.45, 2.75) is 25.5 Å². The molecule has 0 aliphatic rings. The lowest BCUT2D eigenvalue weighted by Crippen LogP contribution is -2.33. The van der Waals surface area contributed by atoms with Crippen LogP contribution in [0.1, 0.15) is 24.9 Å². The Hall–Kier alpha value is -1.39. The molecule has 0 fully saturated rings. The minimum absolute atomic E-state index is 0.0203. The van der Waals surface area contributed by atoms with Gasteiger partial charge in [-0.3, -0.25) is 4.79 Å². The quantitative estimate of drug-likeness (QED) is 0.780. The summed E-state index contributed by atoms with van der Waals surface area (Å²) < 4.78 is 5.04. The van der Waals surface area contributed by atoms with E-state index in [1.807, 2.05) is 37.3 Å². The van der Waals surface area contributed by atoms with Gasteiger partial charge >= 0.3 is 0 Å². The molecule has 0 heterocycles. The number of ether oxygens (including phenoxy) is 1. The Bertz CT molecular complexity index is 341. The predicted octanol–water partition coefficient (Wildman–Crippen LogP) is 1.23. The maximum absolute atomic E-state index is 11.6. The van der Waals surface area contributed by atoms with Gasteiger partial charge in [-0.15, -0.1) is 0 Å². The van der Waals surface area contributed by atoms with Crippen LogP contribution < -0.4 is 11.1 Å². The molecular weight excluding hydrogens is 216 g/mol. The van der Waals surface area contributed by atoms with Crippen LogP contribution in [-0.2, 0) is 9.53 Å². The van der Waals surface area contributed by atoms with Gasteiger partial charge in [-0.2, -0.15) is 0 Å². The zero-order chi connectivity index (χ0) is 12.7. The lowest BCUT2D eigenvalue weighted by molar-refractivity contribution is -0.121. The fourth-order valence-corrected chi connectivity index (χ4v) is 1.43. The van der Waals surface area contributed by atoms with Gasteiger partial charge in [0, 0.05) is 26.1 Å². The van der Waals surface area contributed by atoms with Gasteiger partial charge in [0.25, 0.3) is 0 Å². The van der Waals surface area contributed by atoms with Gasteiger partial charge in [-0.05, 0) is 12.5 Å². The molecule has 0 aliphatic carbocycles. The van der Waals surface area contributed by atoms with Crippen LogP contribution in [0.15, 0.2) is 30.3 Å². The molecule has 1 amide bonds. The summed E-state index contributed by atoms with van der Waals surface area (Å²) in [4.78, 5) is 11.6. The number of hydrogen-bond acceptors (Lipinski definition) is 3. The number of nitrogens with two attached hydrogens (primary N) is 1. The molecule has 4 heteroatoms. The number of nitrogens with one attached hydrogen (secondary N) is 1. The third-order valence-corrected chi connectivity index (χ3v) is 2.62. The molecule has 1 rings (SSSR count). The fraction of sp³-hybridized carbons (Fsp3) is 0.462. The van der Waals surface area contributed by atoms with Crippen LogP contribution in [0.4, 0.5) is 0 Å². The maximum Gasteiger partial charge on any atom is 0.221 e. The predicted molar refractivity (Wildman–Crippen MR) is 67.5 cm³/mol. The second-order valence-corrected chi connectivity index (χ2v) is 4.07. The molecule has 0 aromatic heterocycles. The zero-order valence-electron chi connectivity index (χ0n) is 10.3. The first-order valence-electron chi connectivity index (χ1n) is 5.73. The van der Waals surface area contributed by atoms with E-state index in [0.29, 0.717) is 13.0 Å². The summed E-state index contributed by atoms with van der Waals surface area (Å²) >= 11 is 0. The van der Waals surface area contributed by atoms with Crippen molar-refractivity contribution in [3.05, 3.63) is 35.9 Å². The molecule has 0 spiro atoms. The van der Waals surface area contributed by atoms with Gasteiger partial charge in [0.15, 0.2) is 0 Å². The first-order chi connectivity index (χ1) is 8.13. The Morgan fingerprint density at radius 2 is 2.06 bits per heavy atom. The van der Waals surface area contributed by atoms with E-state index in [4.69, 9.17) is 10.5 Å². The first kappa shape index (κ1) is 13.7. The summed E-state index contributed by atoms with van der Waals surface area (Å²) in [5.41, 5.74) is 6.92. The van der Waals surface area contributed by atoms with Crippen LogP contribution >= 0.6 is 0 Å². The number of hydrogen-bond donors (Lipinski definition) is 2. The second-order valence-electron chi connectivity index (χ2n) is 4.07. The smallest absolute Gasteiger partial charge is 0.221 e. The topological polar surface area (TPSA) is 64.3 Å². The van der Waals surface area contributed by atoms with Crippen LogP contribution in [0.5, 0.6) is 0 Å². The molecule has 3 N–H and O–H groups in total. The van der Waals surface area contributed by atoms with Crippen molar-refractivity contribution in [2.24, 2.45) is 5.73 Å². The Labute approximate surface area is 102 Å². The van der Waals surface area contributed by atoms with Crippen LogP contribution in [0, 0.1) is 0 Å². The van der Waals surface area contributed by atoms with E-state index < -0.39 is 0 Å². The number of rotatable bonds is 6. The molecule has 2 unspecified atom stereocenters. The molecule has 1 aromatic carbocycles. The van der Waals surface area contributed by atoms with E-state index in [2.05, 4.69) is 5.32 Å². The molecule has 94 valence electrons. The van der Waals surface area contributed by atoms with Crippen LogP contribution in [0.25, 0.3) is 0 Å². The SMILES string of the molecule is COC(C)CNC(=O)CC(N)c1ccccc1. The zero-order valence-corrected chi connectivity index (χ0v) is 10.3. The summed E-state index contributed by atoms with van der Waals surface area (Å²) in [6, 6.07) is 9.36. The normalized spacial score (nSPS) is 14.1. The summed E-state index contributed by atoms with van der Waals surface area (Å²) in [5.74, 6) is -0.0507. The van der Waals surface area contributed by atoms with Crippen molar-refractivity contribution in [3.63, 3.8) is 0 Å². The lowest BCUT2D eigenvalue weighted by atomic mass is 10.0. The number of benzene rings is 1. The molecule has 17 heavy (non-hydrogen) atoms. The largest absolute Gasteiger partial charge is 0.380 e. The summed E-state index contributed by atoms with van der Waals surface area (Å²) in [6.07, 6.45) is 0.312. The van der Waals surface area contributed by atoms with Crippen molar-refractivity contribution in [1.82, 2.24) is 5.32 Å². The van der Waals surface area contributed by atoms with E-state index in [1.54, 1.807) is 7.11 Å². The Balaban J connectivity index is 2.36. The number of amides is 1. The first-order valence-corrected chi connectivity index (χ1v) is 5.73. The lowest BCUT2D eigenvalue weighted by Gasteiger charge is -2.14.